The van der Waals surface area contributed by atoms with Gasteiger partial charge in [0.15, 0.2) is 15.5 Å². The number of sulfone groups is 1. The Morgan fingerprint density at radius 3 is 2.50 bits per heavy atom. The SMILES string of the molecule is CC(C)(CNC(=O)c1cc(-c2ccc(-c3cccc(S(C)(=O)=O)c3)s2)n(-c2ccccc2Cl)n1)N1CCOCC1. The smallest absolute Gasteiger partial charge is 0.271 e. The van der Waals surface area contributed by atoms with Gasteiger partial charge in [-0.05, 0) is 61.9 Å². The summed E-state index contributed by atoms with van der Waals surface area (Å²) in [5.41, 5.74) is 2.20. The van der Waals surface area contributed by atoms with Crippen LogP contribution in [-0.4, -0.2) is 73.6 Å². The van der Waals surface area contributed by atoms with Crippen molar-refractivity contribution < 1.29 is 17.9 Å². The van der Waals surface area contributed by atoms with Gasteiger partial charge < -0.3 is 10.1 Å². The average molecular weight is 599 g/mol. The van der Waals surface area contributed by atoms with E-state index in [2.05, 4.69) is 29.2 Å². The number of hydrogen-bond acceptors (Lipinski definition) is 7. The van der Waals surface area contributed by atoms with Crippen molar-refractivity contribution in [1.29, 1.82) is 0 Å². The highest BCUT2D eigenvalue weighted by molar-refractivity contribution is 7.90. The maximum absolute atomic E-state index is 13.3. The molecule has 0 unspecified atom stereocenters. The number of ether oxygens (including phenoxy) is 1. The summed E-state index contributed by atoms with van der Waals surface area (Å²) in [6.07, 6.45) is 1.20. The molecule has 1 aliphatic rings. The Kier molecular flexibility index (Phi) is 8.17. The highest BCUT2D eigenvalue weighted by atomic mass is 35.5. The van der Waals surface area contributed by atoms with Gasteiger partial charge in [0.2, 0.25) is 0 Å². The monoisotopic (exact) mass is 598 g/mol. The van der Waals surface area contributed by atoms with Crippen LogP contribution in [0.5, 0.6) is 0 Å². The molecule has 5 rings (SSSR count). The van der Waals surface area contributed by atoms with Crippen LogP contribution >= 0.6 is 22.9 Å². The minimum Gasteiger partial charge on any atom is -0.379 e. The van der Waals surface area contributed by atoms with Crippen molar-refractivity contribution in [3.05, 3.63) is 77.4 Å². The largest absolute Gasteiger partial charge is 0.379 e. The number of carbonyl (C=O) groups excluding carboxylic acids is 1. The minimum absolute atomic E-state index is 0.239. The summed E-state index contributed by atoms with van der Waals surface area (Å²) in [5.74, 6) is -0.272. The molecular formula is C29H31ClN4O4S2. The molecule has 1 fully saturated rings. The molecule has 0 atom stereocenters. The van der Waals surface area contributed by atoms with Crippen LogP contribution in [0.2, 0.25) is 5.02 Å². The van der Waals surface area contributed by atoms with Gasteiger partial charge in [0.05, 0.1) is 39.4 Å². The number of rotatable bonds is 8. The lowest BCUT2D eigenvalue weighted by Gasteiger charge is -2.40. The van der Waals surface area contributed by atoms with E-state index in [0.717, 1.165) is 28.4 Å². The van der Waals surface area contributed by atoms with Crippen LogP contribution in [0.1, 0.15) is 24.3 Å². The van der Waals surface area contributed by atoms with E-state index in [4.69, 9.17) is 16.3 Å². The standard InChI is InChI=1S/C29H31ClN4O4S2/c1-29(2,33-13-15-38-16-14-33)19-31-28(35)23-18-25(34(32-23)24-10-5-4-9-22(24)30)27-12-11-26(39-27)20-7-6-8-21(17-20)40(3,36)37/h4-12,17-18H,13-16,19H2,1-3H3,(H,31,35). The highest BCUT2D eigenvalue weighted by Crippen LogP contribution is 2.37. The first kappa shape index (κ1) is 28.5. The predicted octanol–water partition coefficient (Wildman–Crippen LogP) is 5.17. The van der Waals surface area contributed by atoms with Crippen molar-refractivity contribution in [2.75, 3.05) is 39.1 Å². The second kappa shape index (κ2) is 11.5. The summed E-state index contributed by atoms with van der Waals surface area (Å²) in [7, 11) is -3.33. The molecular weight excluding hydrogens is 568 g/mol. The zero-order valence-corrected chi connectivity index (χ0v) is 24.9. The molecule has 40 heavy (non-hydrogen) atoms. The number of halogens is 1. The molecule has 0 radical (unpaired) electrons. The van der Waals surface area contributed by atoms with Crippen molar-refractivity contribution >= 4 is 38.7 Å². The minimum atomic E-state index is -3.33. The molecule has 1 N–H and O–H groups in total. The number of para-hydroxylation sites is 1. The van der Waals surface area contributed by atoms with E-state index in [1.54, 1.807) is 35.0 Å². The van der Waals surface area contributed by atoms with Crippen LogP contribution in [0.25, 0.3) is 26.7 Å². The van der Waals surface area contributed by atoms with Crippen LogP contribution in [-0.2, 0) is 14.6 Å². The Labute approximate surface area is 243 Å². The highest BCUT2D eigenvalue weighted by Gasteiger charge is 2.29. The number of nitrogens with one attached hydrogen (secondary N) is 1. The van der Waals surface area contributed by atoms with Crippen LogP contribution in [0.3, 0.4) is 0 Å². The van der Waals surface area contributed by atoms with Crippen molar-refractivity contribution in [3.8, 4) is 26.7 Å². The summed E-state index contributed by atoms with van der Waals surface area (Å²) < 4.78 is 31.3. The fourth-order valence-corrected chi connectivity index (χ4v) is 6.54. The molecule has 8 nitrogen and oxygen atoms in total. The Hall–Kier alpha value is -3.02. The number of benzene rings is 2. The Balaban J connectivity index is 1.47. The summed E-state index contributed by atoms with van der Waals surface area (Å²) in [6.45, 7) is 7.69. The van der Waals surface area contributed by atoms with Gasteiger partial charge >= 0.3 is 0 Å². The Bertz CT molecular complexity index is 1640. The summed E-state index contributed by atoms with van der Waals surface area (Å²) in [4.78, 5) is 17.7. The third kappa shape index (κ3) is 6.16. The Morgan fingerprint density at radius 1 is 1.05 bits per heavy atom. The topological polar surface area (TPSA) is 93.5 Å². The molecule has 0 saturated carbocycles. The lowest BCUT2D eigenvalue weighted by molar-refractivity contribution is -0.00924. The summed E-state index contributed by atoms with van der Waals surface area (Å²) in [5, 5.41) is 8.24. The van der Waals surface area contributed by atoms with E-state index >= 15 is 0 Å². The third-order valence-electron chi connectivity index (χ3n) is 6.98. The van der Waals surface area contributed by atoms with Crippen molar-refractivity contribution in [1.82, 2.24) is 20.0 Å². The molecule has 1 saturated heterocycles. The van der Waals surface area contributed by atoms with Crippen LogP contribution in [0.15, 0.2) is 71.6 Å². The van der Waals surface area contributed by atoms with Gasteiger partial charge in [-0.15, -0.1) is 11.3 Å². The second-order valence-electron chi connectivity index (χ2n) is 10.3. The fraction of sp³-hybridized carbons (Fsp3) is 0.310. The van der Waals surface area contributed by atoms with Crippen LogP contribution < -0.4 is 5.32 Å². The number of morpholine rings is 1. The number of hydrogen-bond donors (Lipinski definition) is 1. The van der Waals surface area contributed by atoms with Gasteiger partial charge in [0.25, 0.3) is 5.91 Å². The molecule has 210 valence electrons. The molecule has 0 aliphatic carbocycles. The first-order chi connectivity index (χ1) is 19.0. The van der Waals surface area contributed by atoms with Crippen molar-refractivity contribution in [2.24, 2.45) is 0 Å². The molecule has 1 amide bonds. The van der Waals surface area contributed by atoms with Crippen LogP contribution in [0.4, 0.5) is 0 Å². The van der Waals surface area contributed by atoms with Gasteiger partial charge in [-0.2, -0.15) is 5.10 Å². The molecule has 2 aromatic carbocycles. The normalized spacial score (nSPS) is 14.8. The van der Waals surface area contributed by atoms with E-state index in [9.17, 15) is 13.2 Å². The maximum atomic E-state index is 13.3. The van der Waals surface area contributed by atoms with E-state index in [1.807, 2.05) is 36.4 Å². The summed E-state index contributed by atoms with van der Waals surface area (Å²) in [6, 6.07) is 19.9. The zero-order valence-electron chi connectivity index (χ0n) is 22.6. The number of nitrogens with zero attached hydrogens (tertiary/aromatic N) is 3. The van der Waals surface area contributed by atoms with Gasteiger partial charge in [-0.25, -0.2) is 13.1 Å². The van der Waals surface area contributed by atoms with Gasteiger partial charge in [0, 0.05) is 36.3 Å². The third-order valence-corrected chi connectivity index (χ3v) is 9.56. The fourth-order valence-electron chi connectivity index (χ4n) is 4.65. The molecule has 4 aromatic rings. The molecule has 11 heteroatoms. The van der Waals surface area contributed by atoms with Gasteiger partial charge in [0.1, 0.15) is 0 Å². The second-order valence-corrected chi connectivity index (χ2v) is 13.8. The first-order valence-corrected chi connectivity index (χ1v) is 16.0. The predicted molar refractivity (Wildman–Crippen MR) is 159 cm³/mol. The Morgan fingerprint density at radius 2 is 1.77 bits per heavy atom. The number of thiophene rings is 1. The first-order valence-electron chi connectivity index (χ1n) is 12.9. The lowest BCUT2D eigenvalue weighted by Crippen LogP contribution is -2.55. The van der Waals surface area contributed by atoms with E-state index < -0.39 is 9.84 Å². The van der Waals surface area contributed by atoms with Crippen molar-refractivity contribution in [2.45, 2.75) is 24.3 Å². The lowest BCUT2D eigenvalue weighted by atomic mass is 10.0. The molecule has 3 heterocycles. The van der Waals surface area contributed by atoms with Gasteiger partial charge in [-0.3, -0.25) is 9.69 Å². The molecule has 0 bridgehead atoms. The quantitative estimate of drug-likeness (QED) is 0.301. The average Bonchev–Trinajstić information content (AvgIpc) is 3.60. The van der Waals surface area contributed by atoms with Gasteiger partial charge in [-0.1, -0.05) is 35.9 Å². The van der Waals surface area contributed by atoms with Crippen LogP contribution in [0, 0.1) is 0 Å². The number of carbonyl (C=O) groups is 1. The molecule has 1 aliphatic heterocycles. The summed E-state index contributed by atoms with van der Waals surface area (Å²) >= 11 is 8.03. The van der Waals surface area contributed by atoms with E-state index in [1.165, 1.54) is 17.6 Å². The van der Waals surface area contributed by atoms with Crippen molar-refractivity contribution in [3.63, 3.8) is 0 Å². The van der Waals surface area contributed by atoms with E-state index in [-0.39, 0.29) is 22.0 Å². The van der Waals surface area contributed by atoms with E-state index in [0.29, 0.717) is 36.2 Å². The number of aromatic nitrogens is 2. The maximum Gasteiger partial charge on any atom is 0.271 e. The molecule has 2 aromatic heterocycles. The molecule has 0 spiro atoms. The number of amides is 1. The zero-order chi connectivity index (χ0) is 28.5.